The summed E-state index contributed by atoms with van der Waals surface area (Å²) in [5.41, 5.74) is 5.61. The highest BCUT2D eigenvalue weighted by molar-refractivity contribution is 6.13. The second-order valence-electron chi connectivity index (χ2n) is 14.8. The van der Waals surface area contributed by atoms with Gasteiger partial charge in [-0.3, -0.25) is 34.3 Å². The summed E-state index contributed by atoms with van der Waals surface area (Å²) in [5, 5.41) is 22.5. The number of fused-ring (bicyclic) bond motifs is 5. The van der Waals surface area contributed by atoms with Gasteiger partial charge in [0.1, 0.15) is 5.75 Å². The molecule has 2 heterocycles. The molecule has 0 spiro atoms. The second kappa shape index (κ2) is 13.3. The number of nitrogens with zero attached hydrogens (tertiary/aromatic N) is 2. The van der Waals surface area contributed by atoms with Gasteiger partial charge in [-0.25, -0.2) is 0 Å². The lowest BCUT2D eigenvalue weighted by Crippen LogP contribution is -2.53. The third kappa shape index (κ3) is 5.42. The highest BCUT2D eigenvalue weighted by atomic mass is 16.4. The van der Waals surface area contributed by atoms with Crippen molar-refractivity contribution in [3.05, 3.63) is 119 Å². The summed E-state index contributed by atoms with van der Waals surface area (Å²) in [6.45, 7) is 2.17. The third-order valence-electron chi connectivity index (χ3n) is 12.0. The number of hydrazine groups is 1. The lowest BCUT2D eigenvalue weighted by Gasteiger charge is -2.51. The van der Waals surface area contributed by atoms with Gasteiger partial charge in [0, 0.05) is 24.3 Å². The fourth-order valence-electron chi connectivity index (χ4n) is 9.66. The van der Waals surface area contributed by atoms with Crippen molar-refractivity contribution < 1.29 is 34.2 Å². The molecule has 10 heteroatoms. The lowest BCUT2D eigenvalue weighted by molar-refractivity contribution is -0.141. The molecule has 0 aromatic heterocycles. The van der Waals surface area contributed by atoms with Gasteiger partial charge in [-0.1, -0.05) is 96.4 Å². The molecular formula is C43H41N3O7. The molecule has 53 heavy (non-hydrogen) atoms. The Kier molecular flexibility index (Phi) is 8.63. The predicted octanol–water partition coefficient (Wildman–Crippen LogP) is 6.48. The monoisotopic (exact) mass is 711 g/mol. The number of amides is 4. The molecule has 3 N–H and O–H groups in total. The van der Waals surface area contributed by atoms with Crippen LogP contribution in [0.3, 0.4) is 0 Å². The van der Waals surface area contributed by atoms with E-state index in [0.29, 0.717) is 42.3 Å². The zero-order chi connectivity index (χ0) is 37.0. The van der Waals surface area contributed by atoms with Crippen LogP contribution in [0, 0.1) is 30.6 Å². The molecule has 4 aromatic carbocycles. The summed E-state index contributed by atoms with van der Waals surface area (Å²) in [5.74, 6) is -5.51. The van der Waals surface area contributed by atoms with Crippen LogP contribution < -0.4 is 5.43 Å². The van der Waals surface area contributed by atoms with E-state index in [1.165, 1.54) is 4.90 Å². The molecule has 10 nitrogen and oxygen atoms in total. The van der Waals surface area contributed by atoms with E-state index in [4.69, 9.17) is 5.11 Å². The first-order chi connectivity index (χ1) is 25.6. The average Bonchev–Trinajstić information content (AvgIpc) is 3.53. The van der Waals surface area contributed by atoms with Crippen LogP contribution in [0.4, 0.5) is 5.69 Å². The number of benzene rings is 4. The molecule has 0 radical (unpaired) electrons. The number of phenols is 1. The molecule has 4 amide bonds. The van der Waals surface area contributed by atoms with E-state index in [1.54, 1.807) is 6.07 Å². The van der Waals surface area contributed by atoms with Gasteiger partial charge >= 0.3 is 5.97 Å². The van der Waals surface area contributed by atoms with Crippen molar-refractivity contribution in [3.63, 3.8) is 0 Å². The Balaban J connectivity index is 1.28. The Hall–Kier alpha value is -5.77. The number of hydrogen-bond donors (Lipinski definition) is 3. The van der Waals surface area contributed by atoms with E-state index >= 15 is 4.79 Å². The number of anilines is 1. The van der Waals surface area contributed by atoms with Gasteiger partial charge in [0.05, 0.1) is 28.9 Å². The van der Waals surface area contributed by atoms with E-state index in [2.05, 4.69) is 5.43 Å². The standard InChI is InChI=1S/C43H41N3O7/c1-25-15-17-27(18-16-25)44-46-40(51)34-24-33-31(19-20-32-37(33)41(52)45(39(32)50)23-9-3-6-14-36(48)49)38(43(34,42(46)53)26-10-4-2-5-11-26)30-21-22-35(47)29-13-8-7-12-28(29)30/h2,4-5,7-8,10-13,15-19,21-22,32-34,37-38,44,47H,3,6,9,14,20,23-24H2,1H3,(H,48,49). The van der Waals surface area contributed by atoms with Crippen molar-refractivity contribution in [1.29, 1.82) is 0 Å². The molecule has 2 aliphatic heterocycles. The Bertz CT molecular complexity index is 2180. The number of carboxylic acid groups (broad SMARTS) is 1. The lowest BCUT2D eigenvalue weighted by atomic mass is 9.49. The first-order valence-electron chi connectivity index (χ1n) is 18.4. The van der Waals surface area contributed by atoms with Crippen molar-refractivity contribution in [2.24, 2.45) is 23.7 Å². The zero-order valence-electron chi connectivity index (χ0n) is 29.4. The van der Waals surface area contributed by atoms with Crippen molar-refractivity contribution >= 4 is 46.1 Å². The number of rotatable bonds is 10. The largest absolute Gasteiger partial charge is 0.507 e. The SMILES string of the molecule is Cc1ccc(NN2C(=O)C3CC4C(=CCC5C(=O)N(CCCCCC(=O)O)C(=O)C54)C(c4ccc(O)c5ccccc45)C3(c3ccccc3)C2=O)cc1. The quantitative estimate of drug-likeness (QED) is 0.0963. The minimum Gasteiger partial charge on any atom is -0.507 e. The van der Waals surface area contributed by atoms with Gasteiger partial charge < -0.3 is 10.2 Å². The maximum absolute atomic E-state index is 15.4. The summed E-state index contributed by atoms with van der Waals surface area (Å²) in [7, 11) is 0. The van der Waals surface area contributed by atoms with E-state index in [1.807, 2.05) is 97.9 Å². The topological polar surface area (TPSA) is 144 Å². The molecule has 2 saturated heterocycles. The van der Waals surface area contributed by atoms with Crippen LogP contribution in [0.15, 0.2) is 103 Å². The fraction of sp³-hybridized carbons (Fsp3) is 0.326. The van der Waals surface area contributed by atoms with Crippen LogP contribution in [0.1, 0.15) is 61.1 Å². The summed E-state index contributed by atoms with van der Waals surface area (Å²) in [4.78, 5) is 70.9. The summed E-state index contributed by atoms with van der Waals surface area (Å²) in [6.07, 6.45) is 4.11. The van der Waals surface area contributed by atoms with Crippen LogP contribution in [0.25, 0.3) is 10.8 Å². The van der Waals surface area contributed by atoms with E-state index in [-0.39, 0.29) is 37.0 Å². The van der Waals surface area contributed by atoms with Gasteiger partial charge in [0.15, 0.2) is 0 Å². The summed E-state index contributed by atoms with van der Waals surface area (Å²) in [6, 6.07) is 27.8. The predicted molar refractivity (Wildman–Crippen MR) is 197 cm³/mol. The molecule has 0 bridgehead atoms. The number of aliphatic carboxylic acids is 1. The number of nitrogens with one attached hydrogen (secondary N) is 1. The molecule has 6 unspecified atom stereocenters. The minimum absolute atomic E-state index is 0.0307. The maximum atomic E-state index is 15.4. The molecule has 6 atom stereocenters. The van der Waals surface area contributed by atoms with Gasteiger partial charge in [0.2, 0.25) is 11.8 Å². The number of hydrogen-bond acceptors (Lipinski definition) is 7. The molecule has 3 fully saturated rings. The first-order valence-corrected chi connectivity index (χ1v) is 18.4. The van der Waals surface area contributed by atoms with Crippen molar-refractivity contribution in [3.8, 4) is 5.75 Å². The number of carbonyl (C=O) groups excluding carboxylic acids is 4. The number of aromatic hydroxyl groups is 1. The molecule has 8 rings (SSSR count). The number of phenolic OH excluding ortho intramolecular Hbond substituents is 1. The molecule has 1 saturated carbocycles. The van der Waals surface area contributed by atoms with Crippen LogP contribution in [-0.4, -0.2) is 56.3 Å². The number of likely N-dealkylation sites (tertiary alicyclic amines) is 1. The van der Waals surface area contributed by atoms with Crippen LogP contribution in [-0.2, 0) is 29.4 Å². The number of allylic oxidation sites excluding steroid dienone is 2. The maximum Gasteiger partial charge on any atom is 0.303 e. The average molecular weight is 712 g/mol. The number of carbonyl (C=O) groups is 5. The molecule has 4 aromatic rings. The molecule has 2 aliphatic carbocycles. The molecular weight excluding hydrogens is 670 g/mol. The van der Waals surface area contributed by atoms with Crippen molar-refractivity contribution in [2.45, 2.75) is 56.8 Å². The first kappa shape index (κ1) is 34.3. The Morgan fingerprint density at radius 1 is 0.811 bits per heavy atom. The van der Waals surface area contributed by atoms with Crippen LogP contribution >= 0.6 is 0 Å². The zero-order valence-corrected chi connectivity index (χ0v) is 29.4. The number of aryl methyl sites for hydroxylation is 1. The second-order valence-corrected chi connectivity index (χ2v) is 14.8. The molecule has 270 valence electrons. The van der Waals surface area contributed by atoms with Crippen LogP contribution in [0.2, 0.25) is 0 Å². The Morgan fingerprint density at radius 2 is 1.53 bits per heavy atom. The van der Waals surface area contributed by atoms with Crippen LogP contribution in [0.5, 0.6) is 5.75 Å². The smallest absolute Gasteiger partial charge is 0.303 e. The van der Waals surface area contributed by atoms with Crippen molar-refractivity contribution in [2.75, 3.05) is 12.0 Å². The minimum atomic E-state index is -1.42. The van der Waals surface area contributed by atoms with Gasteiger partial charge in [0.25, 0.3) is 11.8 Å². The molecule has 4 aliphatic rings. The summed E-state index contributed by atoms with van der Waals surface area (Å²) < 4.78 is 0. The summed E-state index contributed by atoms with van der Waals surface area (Å²) >= 11 is 0. The highest BCUT2D eigenvalue weighted by Crippen LogP contribution is 2.64. The van der Waals surface area contributed by atoms with Gasteiger partial charge in [-0.15, -0.1) is 0 Å². The van der Waals surface area contributed by atoms with E-state index in [0.717, 1.165) is 27.1 Å². The highest BCUT2D eigenvalue weighted by Gasteiger charge is 2.70. The third-order valence-corrected chi connectivity index (χ3v) is 12.0. The van der Waals surface area contributed by atoms with E-state index in [9.17, 15) is 24.3 Å². The fourth-order valence-corrected chi connectivity index (χ4v) is 9.66. The Morgan fingerprint density at radius 3 is 2.26 bits per heavy atom. The van der Waals surface area contributed by atoms with Crippen molar-refractivity contribution in [1.82, 2.24) is 9.91 Å². The number of carboxylic acids is 1. The Labute approximate surface area is 307 Å². The van der Waals surface area contributed by atoms with Gasteiger partial charge in [-0.05, 0) is 73.2 Å². The van der Waals surface area contributed by atoms with Gasteiger partial charge in [-0.2, -0.15) is 5.01 Å². The number of unbranched alkanes of at least 4 members (excludes halogenated alkanes) is 2. The normalized spacial score (nSPS) is 26.4. The number of imide groups is 2. The van der Waals surface area contributed by atoms with E-state index < -0.39 is 52.8 Å².